The van der Waals surface area contributed by atoms with Gasteiger partial charge < -0.3 is 20.1 Å². The monoisotopic (exact) mass is 196 g/mol. The number of esters is 1. The number of alkyl halides is 1. The van der Waals surface area contributed by atoms with E-state index < -0.39 is 29.2 Å². The molecule has 6 nitrogen and oxygen atoms in total. The van der Waals surface area contributed by atoms with Crippen molar-refractivity contribution in [1.82, 2.24) is 0 Å². The predicted octanol–water partition coefficient (Wildman–Crippen LogP) is -1.72. The molecule has 0 aliphatic carbocycles. The van der Waals surface area contributed by atoms with E-state index in [1.807, 2.05) is 0 Å². The maximum absolute atomic E-state index is 10.5. The molecule has 0 amide bonds. The van der Waals surface area contributed by atoms with Crippen LogP contribution in [0.15, 0.2) is 0 Å². The molecule has 0 aromatic heterocycles. The third-order valence-electron chi connectivity index (χ3n) is 1.46. The number of hydrogen-bond acceptors (Lipinski definition) is 5. The number of carbonyl (C=O) groups is 2. The summed E-state index contributed by atoms with van der Waals surface area (Å²) >= 11 is 5.23. The second kappa shape index (κ2) is 2.58. The maximum Gasteiger partial charge on any atom is 0.378 e. The summed E-state index contributed by atoms with van der Waals surface area (Å²) in [7, 11) is 0. The number of aliphatic hydroxyl groups is 2. The Morgan fingerprint density at radius 1 is 1.67 bits per heavy atom. The van der Waals surface area contributed by atoms with Crippen LogP contribution in [0.2, 0.25) is 0 Å². The molecule has 1 aliphatic rings. The van der Waals surface area contributed by atoms with Crippen LogP contribution >= 0.6 is 11.6 Å². The average Bonchev–Trinajstić information content (AvgIpc) is 2.17. The van der Waals surface area contributed by atoms with E-state index in [1.165, 1.54) is 0 Å². The van der Waals surface area contributed by atoms with Crippen molar-refractivity contribution in [2.75, 3.05) is 0 Å². The smallest absolute Gasteiger partial charge is 0.378 e. The second-order valence-electron chi connectivity index (χ2n) is 2.27. The number of halogens is 1. The fraction of sp³-hybridized carbons (Fsp3) is 0.600. The van der Waals surface area contributed by atoms with Gasteiger partial charge in [0.25, 0.3) is 0 Å². The largest absolute Gasteiger partial charge is 0.476 e. The first kappa shape index (κ1) is 9.24. The van der Waals surface area contributed by atoms with Crippen LogP contribution < -0.4 is 0 Å². The van der Waals surface area contributed by atoms with Crippen LogP contribution in [-0.4, -0.2) is 44.5 Å². The quantitative estimate of drug-likeness (QED) is 0.341. The Bertz CT molecular complexity index is 238. The van der Waals surface area contributed by atoms with Gasteiger partial charge in [0, 0.05) is 0 Å². The van der Waals surface area contributed by atoms with Crippen LogP contribution in [0.1, 0.15) is 0 Å². The maximum atomic E-state index is 10.5. The zero-order chi connectivity index (χ0) is 9.52. The van der Waals surface area contributed by atoms with Crippen LogP contribution in [0.5, 0.6) is 0 Å². The molecule has 0 aromatic rings. The van der Waals surface area contributed by atoms with Crippen molar-refractivity contribution in [2.24, 2.45) is 0 Å². The Labute approximate surface area is 71.3 Å². The van der Waals surface area contributed by atoms with Gasteiger partial charge in [-0.2, -0.15) is 0 Å². The number of cyclic esters (lactones) is 1. The third kappa shape index (κ3) is 1.04. The molecule has 3 N–H and O–H groups in total. The number of aliphatic hydroxyl groups excluding tert-OH is 1. The Hall–Kier alpha value is -0.850. The van der Waals surface area contributed by atoms with E-state index in [-0.39, 0.29) is 0 Å². The van der Waals surface area contributed by atoms with E-state index >= 15 is 0 Å². The van der Waals surface area contributed by atoms with E-state index in [4.69, 9.17) is 26.9 Å². The van der Waals surface area contributed by atoms with Crippen molar-refractivity contribution in [3.63, 3.8) is 0 Å². The van der Waals surface area contributed by atoms with Gasteiger partial charge in [-0.3, -0.25) is 0 Å². The van der Waals surface area contributed by atoms with E-state index in [2.05, 4.69) is 4.74 Å². The van der Waals surface area contributed by atoms with Crippen LogP contribution in [0.25, 0.3) is 0 Å². The van der Waals surface area contributed by atoms with Gasteiger partial charge in [0.1, 0.15) is 5.38 Å². The van der Waals surface area contributed by atoms with Gasteiger partial charge in [0.2, 0.25) is 0 Å². The van der Waals surface area contributed by atoms with Gasteiger partial charge in [-0.25, -0.2) is 9.59 Å². The van der Waals surface area contributed by atoms with Crippen LogP contribution in [0.4, 0.5) is 0 Å². The number of carboxylic acid groups (broad SMARTS) is 1. The molecule has 68 valence electrons. The molecule has 0 spiro atoms. The SMILES string of the molecule is O=C1OC(O)(C(=O)O)[C@H](Cl)[C@H]1O. The van der Waals surface area contributed by atoms with Crippen LogP contribution in [-0.2, 0) is 14.3 Å². The minimum absolute atomic E-state index is 1.25. The molecule has 3 atom stereocenters. The van der Waals surface area contributed by atoms with Crippen LogP contribution in [0.3, 0.4) is 0 Å². The topological polar surface area (TPSA) is 104 Å². The Morgan fingerprint density at radius 2 is 2.17 bits per heavy atom. The number of rotatable bonds is 1. The molecule has 1 unspecified atom stereocenters. The first-order valence-electron chi connectivity index (χ1n) is 2.90. The molecule has 1 rings (SSSR count). The van der Waals surface area contributed by atoms with Crippen molar-refractivity contribution in [2.45, 2.75) is 17.3 Å². The Kier molecular flexibility index (Phi) is 1.99. The number of hydrogen-bond donors (Lipinski definition) is 3. The van der Waals surface area contributed by atoms with E-state index in [1.54, 1.807) is 0 Å². The van der Waals surface area contributed by atoms with Crippen molar-refractivity contribution in [3.8, 4) is 0 Å². The van der Waals surface area contributed by atoms with Crippen molar-refractivity contribution in [1.29, 1.82) is 0 Å². The molecular formula is C5H5ClO6. The fourth-order valence-electron chi connectivity index (χ4n) is 0.765. The first-order valence-corrected chi connectivity index (χ1v) is 3.34. The summed E-state index contributed by atoms with van der Waals surface area (Å²) in [4.78, 5) is 20.8. The molecule has 0 bridgehead atoms. The molecule has 0 radical (unpaired) electrons. The van der Waals surface area contributed by atoms with E-state index in [0.717, 1.165) is 0 Å². The number of carbonyl (C=O) groups excluding carboxylic acids is 1. The normalized spacial score (nSPS) is 41.1. The minimum Gasteiger partial charge on any atom is -0.476 e. The van der Waals surface area contributed by atoms with Crippen molar-refractivity contribution < 1.29 is 29.6 Å². The fourth-order valence-corrected chi connectivity index (χ4v) is 1.01. The highest BCUT2D eigenvalue weighted by Gasteiger charge is 2.59. The molecule has 1 aliphatic heterocycles. The average molecular weight is 197 g/mol. The van der Waals surface area contributed by atoms with Crippen LogP contribution in [0, 0.1) is 0 Å². The Balaban J connectivity index is 2.97. The summed E-state index contributed by atoms with van der Waals surface area (Å²) in [5.74, 6) is -5.88. The lowest BCUT2D eigenvalue weighted by atomic mass is 10.1. The number of ether oxygens (including phenoxy) is 1. The van der Waals surface area contributed by atoms with Gasteiger partial charge >= 0.3 is 17.7 Å². The Morgan fingerprint density at radius 3 is 2.33 bits per heavy atom. The molecule has 0 saturated carbocycles. The summed E-state index contributed by atoms with van der Waals surface area (Å²) < 4.78 is 3.97. The van der Waals surface area contributed by atoms with Crippen molar-refractivity contribution >= 4 is 23.5 Å². The zero-order valence-electron chi connectivity index (χ0n) is 5.60. The third-order valence-corrected chi connectivity index (χ3v) is 1.99. The summed E-state index contributed by atoms with van der Waals surface area (Å²) in [5, 5.41) is 24.5. The van der Waals surface area contributed by atoms with Gasteiger partial charge in [0.05, 0.1) is 0 Å². The number of carboxylic acids is 1. The van der Waals surface area contributed by atoms with Gasteiger partial charge in [-0.15, -0.1) is 11.6 Å². The standard InChI is InChI=1S/C5H5ClO6/c6-2-1(7)3(8)12-5(2,11)4(9)10/h1-2,7,11H,(H,9,10)/t1-,2-,5?/m1/s1. The summed E-state index contributed by atoms with van der Waals surface area (Å²) in [6, 6.07) is 0. The lowest BCUT2D eigenvalue weighted by molar-refractivity contribution is -0.208. The molecular weight excluding hydrogens is 192 g/mol. The second-order valence-corrected chi connectivity index (χ2v) is 2.74. The van der Waals surface area contributed by atoms with E-state index in [0.29, 0.717) is 0 Å². The van der Waals surface area contributed by atoms with Gasteiger partial charge in [0.15, 0.2) is 6.10 Å². The minimum atomic E-state index is -2.82. The lowest BCUT2D eigenvalue weighted by Crippen LogP contribution is -2.46. The summed E-state index contributed by atoms with van der Waals surface area (Å²) in [6.45, 7) is 0. The lowest BCUT2D eigenvalue weighted by Gasteiger charge is -2.17. The van der Waals surface area contributed by atoms with E-state index in [9.17, 15) is 9.59 Å². The van der Waals surface area contributed by atoms with Gasteiger partial charge in [-0.1, -0.05) is 0 Å². The molecule has 7 heteroatoms. The van der Waals surface area contributed by atoms with Gasteiger partial charge in [-0.05, 0) is 0 Å². The molecule has 1 fully saturated rings. The molecule has 0 aromatic carbocycles. The first-order chi connectivity index (χ1) is 5.39. The number of aliphatic carboxylic acids is 1. The van der Waals surface area contributed by atoms with Crippen molar-refractivity contribution in [3.05, 3.63) is 0 Å². The molecule has 1 heterocycles. The summed E-state index contributed by atoms with van der Waals surface area (Å²) in [6.07, 6.45) is -1.81. The zero-order valence-corrected chi connectivity index (χ0v) is 6.35. The summed E-state index contributed by atoms with van der Waals surface area (Å²) in [5.41, 5.74) is 0. The predicted molar refractivity (Wildman–Crippen MR) is 34.3 cm³/mol. The molecule has 12 heavy (non-hydrogen) atoms. The molecule has 1 saturated heterocycles. The highest BCUT2D eigenvalue weighted by molar-refractivity contribution is 6.25. The highest BCUT2D eigenvalue weighted by atomic mass is 35.5. The highest BCUT2D eigenvalue weighted by Crippen LogP contribution is 2.29.